The van der Waals surface area contributed by atoms with Crippen LogP contribution in [0.2, 0.25) is 0 Å². The molecular weight excluding hydrogens is 352 g/mol. The van der Waals surface area contributed by atoms with E-state index in [0.717, 1.165) is 50.6 Å². The van der Waals surface area contributed by atoms with E-state index in [2.05, 4.69) is 20.6 Å². The highest BCUT2D eigenvalue weighted by Crippen LogP contribution is 2.34. The first kappa shape index (κ1) is 20.0. The third-order valence-electron chi connectivity index (χ3n) is 5.36. The van der Waals surface area contributed by atoms with Gasteiger partial charge in [-0.3, -0.25) is 14.6 Å². The summed E-state index contributed by atoms with van der Waals surface area (Å²) in [5, 5.41) is 6.19. The van der Waals surface area contributed by atoms with Gasteiger partial charge in [-0.1, -0.05) is 31.0 Å². The maximum Gasteiger partial charge on any atom is 0.271 e. The number of rotatable bonds is 8. The maximum atomic E-state index is 12.6. The summed E-state index contributed by atoms with van der Waals surface area (Å²) in [6.45, 7) is 2.43. The van der Waals surface area contributed by atoms with Crippen LogP contribution < -0.4 is 10.6 Å². The summed E-state index contributed by atoms with van der Waals surface area (Å²) in [5.41, 5.74) is 1.73. The minimum atomic E-state index is -0.194. The predicted octanol–water partition coefficient (Wildman–Crippen LogP) is 3.43. The highest BCUT2D eigenvalue weighted by molar-refractivity contribution is 5.94. The van der Waals surface area contributed by atoms with Crippen LogP contribution in [0.4, 0.5) is 0 Å². The van der Waals surface area contributed by atoms with E-state index >= 15 is 0 Å². The molecule has 1 heterocycles. The number of carbonyl (C=O) groups excluding carboxylic acids is 2. The lowest BCUT2D eigenvalue weighted by Crippen LogP contribution is -2.46. The average molecular weight is 380 g/mol. The largest absolute Gasteiger partial charge is 0.351 e. The minimum Gasteiger partial charge on any atom is -0.351 e. The standard InChI is InChI=1S/C22H28N4O2/c1-17-15-25-19(16-24-17)21(28)23-14-8-7-13-22(11-5-6-12-22)26-20(27)18-9-3-2-4-10-18/h2-4,9-10,15-16H,5-8,11-14H2,1H3,(H,23,28)(H,26,27). The Labute approximate surface area is 166 Å². The second-order valence-electron chi connectivity index (χ2n) is 7.56. The molecule has 0 saturated heterocycles. The molecule has 1 fully saturated rings. The van der Waals surface area contributed by atoms with Crippen molar-refractivity contribution in [1.29, 1.82) is 0 Å². The van der Waals surface area contributed by atoms with Crippen LogP contribution in [0, 0.1) is 6.92 Å². The number of aryl methyl sites for hydroxylation is 1. The van der Waals surface area contributed by atoms with E-state index in [1.54, 1.807) is 6.20 Å². The van der Waals surface area contributed by atoms with Crippen LogP contribution in [-0.4, -0.2) is 33.9 Å². The average Bonchev–Trinajstić information content (AvgIpc) is 3.17. The van der Waals surface area contributed by atoms with Gasteiger partial charge in [0.15, 0.2) is 0 Å². The molecule has 3 rings (SSSR count). The van der Waals surface area contributed by atoms with Gasteiger partial charge in [-0.05, 0) is 51.2 Å². The van der Waals surface area contributed by atoms with E-state index in [9.17, 15) is 9.59 Å². The number of hydrogen-bond donors (Lipinski definition) is 2. The third-order valence-corrected chi connectivity index (χ3v) is 5.36. The lowest BCUT2D eigenvalue weighted by atomic mass is 9.90. The first-order valence-electron chi connectivity index (χ1n) is 10.0. The van der Waals surface area contributed by atoms with Gasteiger partial charge in [0.2, 0.25) is 0 Å². The Bertz CT molecular complexity index is 784. The molecule has 2 amide bonds. The summed E-state index contributed by atoms with van der Waals surface area (Å²) in [6, 6.07) is 9.39. The molecule has 0 aliphatic heterocycles. The van der Waals surface area contributed by atoms with Gasteiger partial charge in [0.1, 0.15) is 5.69 Å². The number of benzene rings is 1. The molecular formula is C22H28N4O2. The van der Waals surface area contributed by atoms with Gasteiger partial charge in [-0.2, -0.15) is 0 Å². The molecule has 0 spiro atoms. The predicted molar refractivity (Wildman–Crippen MR) is 108 cm³/mol. The van der Waals surface area contributed by atoms with E-state index in [0.29, 0.717) is 17.8 Å². The Morgan fingerprint density at radius 3 is 2.43 bits per heavy atom. The third kappa shape index (κ3) is 5.38. The maximum absolute atomic E-state index is 12.6. The molecule has 28 heavy (non-hydrogen) atoms. The molecule has 0 bridgehead atoms. The summed E-state index contributed by atoms with van der Waals surface area (Å²) < 4.78 is 0. The van der Waals surface area contributed by atoms with E-state index < -0.39 is 0 Å². The van der Waals surface area contributed by atoms with Crippen molar-refractivity contribution < 1.29 is 9.59 Å². The van der Waals surface area contributed by atoms with Crippen molar-refractivity contribution in [2.24, 2.45) is 0 Å². The summed E-state index contributed by atoms with van der Waals surface area (Å²) >= 11 is 0. The first-order chi connectivity index (χ1) is 13.6. The van der Waals surface area contributed by atoms with Gasteiger partial charge in [0, 0.05) is 23.8 Å². The normalized spacial score (nSPS) is 15.2. The summed E-state index contributed by atoms with van der Waals surface area (Å²) in [4.78, 5) is 32.8. The molecule has 6 heteroatoms. The second kappa shape index (κ2) is 9.44. The van der Waals surface area contributed by atoms with Crippen LogP contribution in [0.5, 0.6) is 0 Å². The zero-order valence-electron chi connectivity index (χ0n) is 16.4. The number of amides is 2. The quantitative estimate of drug-likeness (QED) is 0.687. The molecule has 2 N–H and O–H groups in total. The number of aromatic nitrogens is 2. The van der Waals surface area contributed by atoms with Crippen molar-refractivity contribution >= 4 is 11.8 Å². The Kier molecular flexibility index (Phi) is 6.74. The van der Waals surface area contributed by atoms with Crippen LogP contribution in [0.15, 0.2) is 42.7 Å². The van der Waals surface area contributed by atoms with Gasteiger partial charge in [-0.25, -0.2) is 4.98 Å². The molecule has 0 unspecified atom stereocenters. The summed E-state index contributed by atoms with van der Waals surface area (Å²) in [6.07, 6.45) is 10.2. The van der Waals surface area contributed by atoms with Crippen LogP contribution >= 0.6 is 0 Å². The molecule has 1 aliphatic carbocycles. The highest BCUT2D eigenvalue weighted by Gasteiger charge is 2.34. The summed E-state index contributed by atoms with van der Waals surface area (Å²) in [5.74, 6) is -0.186. The monoisotopic (exact) mass is 380 g/mol. The lowest BCUT2D eigenvalue weighted by Gasteiger charge is -2.30. The zero-order chi connectivity index (χ0) is 19.8. The molecule has 1 aliphatic rings. The molecule has 6 nitrogen and oxygen atoms in total. The van der Waals surface area contributed by atoms with Crippen LogP contribution in [0.1, 0.15) is 71.5 Å². The Balaban J connectivity index is 1.44. The van der Waals surface area contributed by atoms with Crippen molar-refractivity contribution in [3.63, 3.8) is 0 Å². The van der Waals surface area contributed by atoms with Gasteiger partial charge >= 0.3 is 0 Å². The number of nitrogens with zero attached hydrogens (tertiary/aromatic N) is 2. The van der Waals surface area contributed by atoms with Crippen molar-refractivity contribution in [2.45, 2.75) is 57.4 Å². The van der Waals surface area contributed by atoms with Crippen molar-refractivity contribution in [2.75, 3.05) is 6.54 Å². The van der Waals surface area contributed by atoms with Crippen molar-refractivity contribution in [3.05, 3.63) is 59.7 Å². The van der Waals surface area contributed by atoms with Crippen LogP contribution in [0.25, 0.3) is 0 Å². The second-order valence-corrected chi connectivity index (χ2v) is 7.56. The SMILES string of the molecule is Cc1cnc(C(=O)NCCCCC2(NC(=O)c3ccccc3)CCCC2)cn1. The molecule has 148 valence electrons. The van der Waals surface area contributed by atoms with Gasteiger partial charge in [0.25, 0.3) is 11.8 Å². The first-order valence-corrected chi connectivity index (χ1v) is 10.0. The fourth-order valence-electron chi connectivity index (χ4n) is 3.78. The summed E-state index contributed by atoms with van der Waals surface area (Å²) in [7, 11) is 0. The van der Waals surface area contributed by atoms with E-state index in [4.69, 9.17) is 0 Å². The number of unbranched alkanes of at least 4 members (excludes halogenated alkanes) is 1. The van der Waals surface area contributed by atoms with Crippen molar-refractivity contribution in [3.8, 4) is 0 Å². The lowest BCUT2D eigenvalue weighted by molar-refractivity contribution is 0.0893. The molecule has 1 aromatic carbocycles. The molecule has 0 atom stereocenters. The molecule has 2 aromatic rings. The van der Waals surface area contributed by atoms with Gasteiger partial charge in [-0.15, -0.1) is 0 Å². The van der Waals surface area contributed by atoms with Gasteiger partial charge in [0.05, 0.1) is 11.9 Å². The Morgan fingerprint density at radius 2 is 1.75 bits per heavy atom. The highest BCUT2D eigenvalue weighted by atomic mass is 16.2. The van der Waals surface area contributed by atoms with E-state index in [1.807, 2.05) is 37.3 Å². The van der Waals surface area contributed by atoms with Gasteiger partial charge < -0.3 is 10.6 Å². The number of nitrogens with one attached hydrogen (secondary N) is 2. The van der Waals surface area contributed by atoms with Crippen LogP contribution in [-0.2, 0) is 0 Å². The Morgan fingerprint density at radius 1 is 1.00 bits per heavy atom. The van der Waals surface area contributed by atoms with Crippen molar-refractivity contribution in [1.82, 2.24) is 20.6 Å². The Hall–Kier alpha value is -2.76. The smallest absolute Gasteiger partial charge is 0.271 e. The topological polar surface area (TPSA) is 84.0 Å². The number of hydrogen-bond acceptors (Lipinski definition) is 4. The van der Waals surface area contributed by atoms with Crippen LogP contribution in [0.3, 0.4) is 0 Å². The molecule has 0 radical (unpaired) electrons. The zero-order valence-corrected chi connectivity index (χ0v) is 16.4. The number of carbonyl (C=O) groups is 2. The fourth-order valence-corrected chi connectivity index (χ4v) is 3.78. The molecule has 1 aromatic heterocycles. The molecule has 1 saturated carbocycles. The minimum absolute atomic E-state index is 0.00810. The van der Waals surface area contributed by atoms with E-state index in [-0.39, 0.29) is 17.4 Å². The fraction of sp³-hybridized carbons (Fsp3) is 0.455. The van der Waals surface area contributed by atoms with E-state index in [1.165, 1.54) is 6.20 Å².